The first kappa shape index (κ1) is 9.03. The molecule has 0 unspecified atom stereocenters. The molecule has 0 aromatic heterocycles. The minimum absolute atomic E-state index is 0.202. The quantitative estimate of drug-likeness (QED) is 0.628. The van der Waals surface area contributed by atoms with E-state index in [2.05, 4.69) is 0 Å². The number of carboxylic acids is 1. The van der Waals surface area contributed by atoms with Gasteiger partial charge in [0.05, 0.1) is 0 Å². The lowest BCUT2D eigenvalue weighted by Crippen LogP contribution is -2.38. The van der Waals surface area contributed by atoms with Crippen molar-refractivity contribution in [1.29, 1.82) is 0 Å². The van der Waals surface area contributed by atoms with E-state index in [-0.39, 0.29) is 6.04 Å². The fourth-order valence-electron chi connectivity index (χ4n) is 1.20. The van der Waals surface area contributed by atoms with E-state index in [1.165, 1.54) is 4.90 Å². The third kappa shape index (κ3) is 1.96. The van der Waals surface area contributed by atoms with Gasteiger partial charge in [0.1, 0.15) is 0 Å². The standard InChI is InChI=1S/C8H13NO3/c1-2-5-9(6-3-4-6)7(10)8(11)12/h6H,2-5H2,1H3,(H,11,12). The lowest BCUT2D eigenvalue weighted by Gasteiger charge is -2.18. The Balaban J connectivity index is 2.51. The smallest absolute Gasteiger partial charge is 0.394 e. The summed E-state index contributed by atoms with van der Waals surface area (Å²) in [4.78, 5) is 22.9. The van der Waals surface area contributed by atoms with Crippen molar-refractivity contribution in [3.8, 4) is 0 Å². The summed E-state index contributed by atoms with van der Waals surface area (Å²) in [6.45, 7) is 2.50. The minimum atomic E-state index is -1.34. The first-order chi connectivity index (χ1) is 5.66. The molecule has 1 aliphatic rings. The molecule has 1 amide bonds. The molecule has 0 heterocycles. The van der Waals surface area contributed by atoms with E-state index in [0.29, 0.717) is 6.54 Å². The highest BCUT2D eigenvalue weighted by atomic mass is 16.4. The van der Waals surface area contributed by atoms with Gasteiger partial charge in [-0.1, -0.05) is 6.92 Å². The molecule has 0 radical (unpaired) electrons. The molecule has 1 rings (SSSR count). The van der Waals surface area contributed by atoms with Crippen LogP contribution in [-0.4, -0.2) is 34.5 Å². The van der Waals surface area contributed by atoms with Gasteiger partial charge in [-0.25, -0.2) is 4.79 Å². The minimum Gasteiger partial charge on any atom is -0.474 e. The van der Waals surface area contributed by atoms with Crippen LogP contribution in [0.15, 0.2) is 0 Å². The molecule has 1 aliphatic carbocycles. The molecule has 12 heavy (non-hydrogen) atoms. The van der Waals surface area contributed by atoms with Crippen molar-refractivity contribution in [2.75, 3.05) is 6.54 Å². The number of carbonyl (C=O) groups excluding carboxylic acids is 1. The molecule has 1 fully saturated rings. The van der Waals surface area contributed by atoms with E-state index < -0.39 is 11.9 Å². The van der Waals surface area contributed by atoms with Crippen molar-refractivity contribution in [2.24, 2.45) is 0 Å². The predicted octanol–water partition coefficient (Wildman–Crippen LogP) is 0.472. The molecule has 1 N–H and O–H groups in total. The van der Waals surface area contributed by atoms with Crippen molar-refractivity contribution in [3.05, 3.63) is 0 Å². The topological polar surface area (TPSA) is 57.6 Å². The fraction of sp³-hybridized carbons (Fsp3) is 0.750. The van der Waals surface area contributed by atoms with E-state index in [0.717, 1.165) is 19.3 Å². The van der Waals surface area contributed by atoms with Crippen LogP contribution >= 0.6 is 0 Å². The van der Waals surface area contributed by atoms with Crippen LogP contribution in [-0.2, 0) is 9.59 Å². The molecule has 0 saturated heterocycles. The number of carbonyl (C=O) groups is 2. The summed E-state index contributed by atoms with van der Waals surface area (Å²) < 4.78 is 0. The van der Waals surface area contributed by atoms with Crippen LogP contribution in [0.5, 0.6) is 0 Å². The van der Waals surface area contributed by atoms with Crippen LogP contribution in [0.4, 0.5) is 0 Å². The van der Waals surface area contributed by atoms with Gasteiger partial charge in [0.2, 0.25) is 0 Å². The second-order valence-electron chi connectivity index (χ2n) is 3.03. The van der Waals surface area contributed by atoms with Crippen molar-refractivity contribution < 1.29 is 14.7 Å². The van der Waals surface area contributed by atoms with Crippen LogP contribution in [0.3, 0.4) is 0 Å². The predicted molar refractivity (Wildman–Crippen MR) is 42.7 cm³/mol. The number of hydrogen-bond donors (Lipinski definition) is 1. The van der Waals surface area contributed by atoms with Gasteiger partial charge in [0, 0.05) is 12.6 Å². The Labute approximate surface area is 71.2 Å². The summed E-state index contributed by atoms with van der Waals surface area (Å²) in [5, 5.41) is 8.46. The molecule has 0 spiro atoms. The van der Waals surface area contributed by atoms with Crippen LogP contribution in [0.25, 0.3) is 0 Å². The number of hydrogen-bond acceptors (Lipinski definition) is 2. The van der Waals surface area contributed by atoms with Crippen molar-refractivity contribution in [1.82, 2.24) is 4.90 Å². The van der Waals surface area contributed by atoms with Crippen LogP contribution < -0.4 is 0 Å². The van der Waals surface area contributed by atoms with Gasteiger partial charge in [0.15, 0.2) is 0 Å². The van der Waals surface area contributed by atoms with Crippen LogP contribution in [0.2, 0.25) is 0 Å². The Morgan fingerprint density at radius 1 is 1.50 bits per heavy atom. The largest absolute Gasteiger partial charge is 0.474 e. The fourth-order valence-corrected chi connectivity index (χ4v) is 1.20. The van der Waals surface area contributed by atoms with Gasteiger partial charge < -0.3 is 10.0 Å². The monoisotopic (exact) mass is 171 g/mol. The summed E-state index contributed by atoms with van der Waals surface area (Å²) in [5.41, 5.74) is 0. The summed E-state index contributed by atoms with van der Waals surface area (Å²) in [5.74, 6) is -2.09. The Morgan fingerprint density at radius 3 is 2.42 bits per heavy atom. The van der Waals surface area contributed by atoms with Gasteiger partial charge in [-0.05, 0) is 19.3 Å². The van der Waals surface area contributed by atoms with Crippen LogP contribution in [0.1, 0.15) is 26.2 Å². The first-order valence-electron chi connectivity index (χ1n) is 4.20. The highest BCUT2D eigenvalue weighted by molar-refractivity contribution is 6.31. The summed E-state index contributed by atoms with van der Waals surface area (Å²) in [6, 6.07) is 0.202. The number of aliphatic carboxylic acids is 1. The second kappa shape index (κ2) is 3.56. The molecule has 0 aromatic rings. The second-order valence-corrected chi connectivity index (χ2v) is 3.03. The molecule has 0 aliphatic heterocycles. The molecule has 1 saturated carbocycles. The molecular formula is C8H13NO3. The van der Waals surface area contributed by atoms with Crippen molar-refractivity contribution in [2.45, 2.75) is 32.2 Å². The first-order valence-corrected chi connectivity index (χ1v) is 4.20. The van der Waals surface area contributed by atoms with E-state index in [1.807, 2.05) is 6.92 Å². The molecule has 0 atom stereocenters. The van der Waals surface area contributed by atoms with Gasteiger partial charge >= 0.3 is 11.9 Å². The maximum absolute atomic E-state index is 11.0. The van der Waals surface area contributed by atoms with Gasteiger partial charge in [0.25, 0.3) is 0 Å². The van der Waals surface area contributed by atoms with Gasteiger partial charge in [-0.15, -0.1) is 0 Å². The maximum atomic E-state index is 11.0. The molecule has 68 valence electrons. The average Bonchev–Trinajstić information content (AvgIpc) is 2.81. The zero-order valence-corrected chi connectivity index (χ0v) is 7.12. The maximum Gasteiger partial charge on any atom is 0.394 e. The van der Waals surface area contributed by atoms with E-state index in [4.69, 9.17) is 5.11 Å². The lowest BCUT2D eigenvalue weighted by atomic mass is 10.4. The summed E-state index contributed by atoms with van der Waals surface area (Å²) >= 11 is 0. The molecule has 0 bridgehead atoms. The molecule has 0 aromatic carbocycles. The SMILES string of the molecule is CCCN(C(=O)C(=O)O)C1CC1. The number of rotatable bonds is 3. The van der Waals surface area contributed by atoms with E-state index in [1.54, 1.807) is 0 Å². The lowest BCUT2D eigenvalue weighted by molar-refractivity contribution is -0.156. The van der Waals surface area contributed by atoms with Crippen molar-refractivity contribution in [3.63, 3.8) is 0 Å². The Morgan fingerprint density at radius 2 is 2.08 bits per heavy atom. The third-order valence-corrected chi connectivity index (χ3v) is 1.90. The third-order valence-electron chi connectivity index (χ3n) is 1.90. The average molecular weight is 171 g/mol. The van der Waals surface area contributed by atoms with E-state index >= 15 is 0 Å². The highest BCUT2D eigenvalue weighted by Crippen LogP contribution is 2.26. The normalized spacial score (nSPS) is 15.8. The Kier molecular flexibility index (Phi) is 2.68. The number of carboxylic acid groups (broad SMARTS) is 1. The Hall–Kier alpha value is -1.06. The van der Waals surface area contributed by atoms with Gasteiger partial charge in [-0.3, -0.25) is 4.79 Å². The number of nitrogens with zero attached hydrogens (tertiary/aromatic N) is 1. The molecular weight excluding hydrogens is 158 g/mol. The zero-order chi connectivity index (χ0) is 9.14. The number of amides is 1. The van der Waals surface area contributed by atoms with E-state index in [9.17, 15) is 9.59 Å². The van der Waals surface area contributed by atoms with Gasteiger partial charge in [-0.2, -0.15) is 0 Å². The zero-order valence-electron chi connectivity index (χ0n) is 7.12. The van der Waals surface area contributed by atoms with Crippen molar-refractivity contribution >= 4 is 11.9 Å². The summed E-state index contributed by atoms with van der Waals surface area (Å²) in [6.07, 6.45) is 2.73. The molecule has 4 nitrogen and oxygen atoms in total. The molecule has 4 heteroatoms. The van der Waals surface area contributed by atoms with Crippen LogP contribution in [0, 0.1) is 0 Å². The highest BCUT2D eigenvalue weighted by Gasteiger charge is 2.34. The summed E-state index contributed by atoms with van der Waals surface area (Å²) in [7, 11) is 0. The Bertz CT molecular complexity index is 198.